The quantitative estimate of drug-likeness (QED) is 0.707. The maximum atomic E-state index is 11.4. The summed E-state index contributed by atoms with van der Waals surface area (Å²) >= 11 is 0. The highest BCUT2D eigenvalue weighted by Gasteiger charge is 2.07. The van der Waals surface area contributed by atoms with Crippen molar-refractivity contribution in [1.82, 2.24) is 15.3 Å². The number of nitrogens with zero attached hydrogens (tertiary/aromatic N) is 2. The van der Waals surface area contributed by atoms with Gasteiger partial charge in [-0.3, -0.25) is 4.79 Å². The third-order valence-electron chi connectivity index (χ3n) is 1.79. The van der Waals surface area contributed by atoms with E-state index in [2.05, 4.69) is 15.3 Å². The van der Waals surface area contributed by atoms with Crippen LogP contribution in [0.5, 0.6) is 0 Å². The zero-order chi connectivity index (χ0) is 10.4. The van der Waals surface area contributed by atoms with Gasteiger partial charge in [-0.25, -0.2) is 9.97 Å². The van der Waals surface area contributed by atoms with Gasteiger partial charge in [-0.15, -0.1) is 0 Å². The van der Waals surface area contributed by atoms with Crippen LogP contribution in [0.3, 0.4) is 0 Å². The molecule has 0 radical (unpaired) electrons. The zero-order valence-electron chi connectivity index (χ0n) is 7.97. The zero-order valence-corrected chi connectivity index (χ0v) is 7.97. The van der Waals surface area contributed by atoms with E-state index in [1.807, 2.05) is 6.92 Å². The van der Waals surface area contributed by atoms with Gasteiger partial charge in [0.2, 0.25) is 0 Å². The maximum absolute atomic E-state index is 11.4. The van der Waals surface area contributed by atoms with Crippen LogP contribution in [0, 0.1) is 0 Å². The Morgan fingerprint density at radius 3 is 2.79 bits per heavy atom. The van der Waals surface area contributed by atoms with Crippen LogP contribution in [-0.4, -0.2) is 33.6 Å². The van der Waals surface area contributed by atoms with Gasteiger partial charge in [0.05, 0.1) is 11.7 Å². The molecule has 0 spiro atoms. The molecule has 1 aromatic heterocycles. The number of carbonyl (C=O) groups is 1. The van der Waals surface area contributed by atoms with Crippen molar-refractivity contribution in [2.45, 2.75) is 19.4 Å². The highest BCUT2D eigenvalue weighted by molar-refractivity contribution is 5.93. The molecular formula is C9H13N3O2. The second-order valence-corrected chi connectivity index (χ2v) is 2.90. The molecule has 76 valence electrons. The molecule has 1 heterocycles. The topological polar surface area (TPSA) is 75.1 Å². The molecule has 5 nitrogen and oxygen atoms in total. The molecule has 1 aromatic rings. The number of amides is 1. The molecule has 0 bridgehead atoms. The van der Waals surface area contributed by atoms with Gasteiger partial charge >= 0.3 is 0 Å². The van der Waals surface area contributed by atoms with Gasteiger partial charge in [-0.2, -0.15) is 0 Å². The molecular weight excluding hydrogens is 182 g/mol. The summed E-state index contributed by atoms with van der Waals surface area (Å²) in [4.78, 5) is 18.8. The smallest absolute Gasteiger partial charge is 0.254 e. The maximum Gasteiger partial charge on any atom is 0.254 e. The van der Waals surface area contributed by atoms with Crippen molar-refractivity contribution in [2.75, 3.05) is 6.54 Å². The lowest BCUT2D eigenvalue weighted by molar-refractivity contribution is 0.0913. The molecule has 0 saturated heterocycles. The number of hydrogen-bond acceptors (Lipinski definition) is 4. The lowest BCUT2D eigenvalue weighted by Crippen LogP contribution is -2.31. The molecule has 14 heavy (non-hydrogen) atoms. The molecule has 0 aromatic carbocycles. The van der Waals surface area contributed by atoms with E-state index in [-0.39, 0.29) is 12.5 Å². The van der Waals surface area contributed by atoms with Crippen LogP contribution < -0.4 is 5.32 Å². The highest BCUT2D eigenvalue weighted by Crippen LogP contribution is 1.93. The van der Waals surface area contributed by atoms with E-state index >= 15 is 0 Å². The van der Waals surface area contributed by atoms with E-state index in [9.17, 15) is 9.90 Å². The van der Waals surface area contributed by atoms with E-state index in [1.54, 1.807) is 0 Å². The third-order valence-corrected chi connectivity index (χ3v) is 1.79. The average Bonchev–Trinajstić information content (AvgIpc) is 2.26. The van der Waals surface area contributed by atoms with Crippen LogP contribution in [0.2, 0.25) is 0 Å². The van der Waals surface area contributed by atoms with Crippen LogP contribution in [0.1, 0.15) is 23.7 Å². The number of rotatable bonds is 4. The van der Waals surface area contributed by atoms with Gasteiger partial charge < -0.3 is 10.4 Å². The monoisotopic (exact) mass is 195 g/mol. The van der Waals surface area contributed by atoms with E-state index in [0.717, 1.165) is 0 Å². The Morgan fingerprint density at radius 2 is 2.21 bits per heavy atom. The van der Waals surface area contributed by atoms with E-state index in [1.165, 1.54) is 18.7 Å². The molecule has 1 atom stereocenters. The van der Waals surface area contributed by atoms with Crippen LogP contribution in [0.15, 0.2) is 18.7 Å². The summed E-state index contributed by atoms with van der Waals surface area (Å²) in [7, 11) is 0. The van der Waals surface area contributed by atoms with Crippen molar-refractivity contribution in [3.63, 3.8) is 0 Å². The average molecular weight is 195 g/mol. The standard InChI is InChI=1S/C9H13N3O2/c1-2-8(13)5-12-9(14)7-3-10-6-11-4-7/h3-4,6,8,13H,2,5H2,1H3,(H,12,14). The number of aliphatic hydroxyl groups excluding tert-OH is 1. The van der Waals surface area contributed by atoms with Crippen LogP contribution in [0.4, 0.5) is 0 Å². The lowest BCUT2D eigenvalue weighted by atomic mass is 10.2. The summed E-state index contributed by atoms with van der Waals surface area (Å²) in [6.45, 7) is 2.10. The fraction of sp³-hybridized carbons (Fsp3) is 0.444. The lowest BCUT2D eigenvalue weighted by Gasteiger charge is -2.08. The van der Waals surface area contributed by atoms with Crippen molar-refractivity contribution in [2.24, 2.45) is 0 Å². The largest absolute Gasteiger partial charge is 0.391 e. The molecule has 0 saturated carbocycles. The number of aromatic nitrogens is 2. The molecule has 0 fully saturated rings. The molecule has 1 unspecified atom stereocenters. The van der Waals surface area contributed by atoms with Crippen molar-refractivity contribution in [1.29, 1.82) is 0 Å². The molecule has 0 aliphatic carbocycles. The first-order chi connectivity index (χ1) is 6.74. The first-order valence-electron chi connectivity index (χ1n) is 4.45. The summed E-state index contributed by atoms with van der Waals surface area (Å²) in [5, 5.41) is 11.8. The molecule has 0 aliphatic rings. The molecule has 1 rings (SSSR count). The fourth-order valence-corrected chi connectivity index (χ4v) is 0.873. The van der Waals surface area contributed by atoms with E-state index in [0.29, 0.717) is 12.0 Å². The second-order valence-electron chi connectivity index (χ2n) is 2.90. The van der Waals surface area contributed by atoms with Gasteiger partial charge in [0.25, 0.3) is 5.91 Å². The van der Waals surface area contributed by atoms with E-state index in [4.69, 9.17) is 0 Å². The minimum atomic E-state index is -0.497. The van der Waals surface area contributed by atoms with Crippen molar-refractivity contribution < 1.29 is 9.90 Å². The normalized spacial score (nSPS) is 12.1. The first-order valence-corrected chi connectivity index (χ1v) is 4.45. The van der Waals surface area contributed by atoms with Crippen molar-refractivity contribution >= 4 is 5.91 Å². The van der Waals surface area contributed by atoms with Gasteiger partial charge in [0, 0.05) is 18.9 Å². The molecule has 5 heteroatoms. The summed E-state index contributed by atoms with van der Waals surface area (Å²) < 4.78 is 0. The summed E-state index contributed by atoms with van der Waals surface area (Å²) in [6.07, 6.45) is 4.34. The third kappa shape index (κ3) is 3.10. The molecule has 1 amide bonds. The Bertz CT molecular complexity index is 289. The van der Waals surface area contributed by atoms with Crippen molar-refractivity contribution in [3.8, 4) is 0 Å². The predicted octanol–water partition coefficient (Wildman–Crippen LogP) is -0.0227. The first kappa shape index (κ1) is 10.6. The van der Waals surface area contributed by atoms with Gasteiger partial charge in [0.15, 0.2) is 0 Å². The van der Waals surface area contributed by atoms with Gasteiger partial charge in [0.1, 0.15) is 6.33 Å². The van der Waals surface area contributed by atoms with Crippen molar-refractivity contribution in [3.05, 3.63) is 24.3 Å². The predicted molar refractivity (Wildman–Crippen MR) is 50.7 cm³/mol. The minimum absolute atomic E-state index is 0.254. The Balaban J connectivity index is 2.44. The Labute approximate surface area is 82.2 Å². The summed E-state index contributed by atoms with van der Waals surface area (Å²) in [5.74, 6) is -0.266. The van der Waals surface area contributed by atoms with Gasteiger partial charge in [-0.05, 0) is 6.42 Å². The molecule has 0 aliphatic heterocycles. The number of aliphatic hydroxyl groups is 1. The van der Waals surface area contributed by atoms with Crippen LogP contribution in [-0.2, 0) is 0 Å². The Hall–Kier alpha value is -1.49. The van der Waals surface area contributed by atoms with Crippen LogP contribution in [0.25, 0.3) is 0 Å². The fourth-order valence-electron chi connectivity index (χ4n) is 0.873. The number of carbonyl (C=O) groups excluding carboxylic acids is 1. The second kappa shape index (κ2) is 5.29. The van der Waals surface area contributed by atoms with Crippen LogP contribution >= 0.6 is 0 Å². The SMILES string of the molecule is CCC(O)CNC(=O)c1cncnc1. The number of nitrogens with one attached hydrogen (secondary N) is 1. The Kier molecular flexibility index (Phi) is 4.00. The highest BCUT2D eigenvalue weighted by atomic mass is 16.3. The molecule has 2 N–H and O–H groups in total. The summed E-state index contributed by atoms with van der Waals surface area (Å²) in [6, 6.07) is 0. The number of hydrogen-bond donors (Lipinski definition) is 2. The summed E-state index contributed by atoms with van der Waals surface area (Å²) in [5.41, 5.74) is 0.399. The van der Waals surface area contributed by atoms with E-state index < -0.39 is 6.10 Å². The Morgan fingerprint density at radius 1 is 1.57 bits per heavy atom. The van der Waals surface area contributed by atoms with Gasteiger partial charge in [-0.1, -0.05) is 6.92 Å². The minimum Gasteiger partial charge on any atom is -0.391 e.